The van der Waals surface area contributed by atoms with Crippen molar-refractivity contribution >= 4 is 52.2 Å². The Morgan fingerprint density at radius 2 is 1.19 bits per heavy atom. The molecule has 2 aromatic carbocycles. The molecule has 62 heavy (non-hydrogen) atoms. The SMILES string of the molecule is CCC[C@H]1NC(=O)[C@H](C)NC(=O)[C@H](CC(C)C)N(C)C(=O)[C@H](Cc2ccccc2)NC(=O)[C@H](CCS(C)=O)NC(=O)[C@@H](Cc2ccccc2)N(C)C(=O)[C@@H](C(C)C)OC(=O)[C@H]1C. The summed E-state index contributed by atoms with van der Waals surface area (Å²) in [4.78, 5) is 102. The van der Waals surface area contributed by atoms with E-state index in [0.717, 1.165) is 0 Å². The van der Waals surface area contributed by atoms with Gasteiger partial charge < -0.3 is 35.8 Å². The van der Waals surface area contributed by atoms with E-state index in [4.69, 9.17) is 4.74 Å². The highest BCUT2D eigenvalue weighted by molar-refractivity contribution is 7.84. The van der Waals surface area contributed by atoms with Crippen LogP contribution in [0.3, 0.4) is 0 Å². The predicted octanol–water partition coefficient (Wildman–Crippen LogP) is 2.92. The zero-order chi connectivity index (χ0) is 46.3. The summed E-state index contributed by atoms with van der Waals surface area (Å²) < 4.78 is 18.3. The number of carbonyl (C=O) groups is 7. The van der Waals surface area contributed by atoms with E-state index in [0.29, 0.717) is 24.0 Å². The van der Waals surface area contributed by atoms with E-state index in [2.05, 4.69) is 21.3 Å². The fourth-order valence-corrected chi connectivity index (χ4v) is 7.90. The lowest BCUT2D eigenvalue weighted by Gasteiger charge is -2.35. The molecule has 0 bridgehead atoms. The third-order valence-electron chi connectivity index (χ3n) is 11.2. The van der Waals surface area contributed by atoms with Crippen molar-refractivity contribution < 1.29 is 42.5 Å². The number of cyclic esters (lactones) is 1. The molecule has 1 unspecified atom stereocenters. The summed E-state index contributed by atoms with van der Waals surface area (Å²) in [6.45, 7) is 12.2. The van der Waals surface area contributed by atoms with Gasteiger partial charge in [-0.15, -0.1) is 0 Å². The van der Waals surface area contributed by atoms with Crippen molar-refractivity contribution in [2.24, 2.45) is 17.8 Å². The molecule has 342 valence electrons. The molecule has 16 heteroatoms. The molecule has 1 aliphatic heterocycles. The van der Waals surface area contributed by atoms with E-state index in [1.165, 1.54) is 37.1 Å². The lowest BCUT2D eigenvalue weighted by molar-refractivity contribution is -0.168. The molecule has 0 aliphatic carbocycles. The van der Waals surface area contributed by atoms with Gasteiger partial charge in [0.05, 0.1) is 5.92 Å². The molecule has 1 fully saturated rings. The minimum Gasteiger partial charge on any atom is -0.452 e. The Kier molecular flexibility index (Phi) is 20.2. The number of nitrogens with zero attached hydrogens (tertiary/aromatic N) is 2. The molecule has 1 saturated heterocycles. The van der Waals surface area contributed by atoms with Gasteiger partial charge in [-0.1, -0.05) is 102 Å². The minimum absolute atomic E-state index is 0.0265. The Bertz CT molecular complexity index is 1860. The highest BCUT2D eigenvalue weighted by atomic mass is 32.2. The van der Waals surface area contributed by atoms with Crippen molar-refractivity contribution in [1.82, 2.24) is 31.1 Å². The third-order valence-corrected chi connectivity index (χ3v) is 12.0. The number of amides is 6. The molecule has 3 rings (SSSR count). The summed E-state index contributed by atoms with van der Waals surface area (Å²) in [5, 5.41) is 11.3. The lowest BCUT2D eigenvalue weighted by Crippen LogP contribution is -2.61. The van der Waals surface area contributed by atoms with Crippen LogP contribution in [0.15, 0.2) is 60.7 Å². The third kappa shape index (κ3) is 15.1. The molecule has 4 N–H and O–H groups in total. The molecule has 2 aromatic rings. The molecular formula is C46H68N6O9S. The molecule has 1 aliphatic rings. The molecule has 0 saturated carbocycles. The van der Waals surface area contributed by atoms with Crippen molar-refractivity contribution in [2.45, 2.75) is 129 Å². The maximum Gasteiger partial charge on any atom is 0.311 e. The Morgan fingerprint density at radius 3 is 1.73 bits per heavy atom. The predicted molar refractivity (Wildman–Crippen MR) is 239 cm³/mol. The number of benzene rings is 2. The number of rotatable bonds is 12. The van der Waals surface area contributed by atoms with E-state index < -0.39 is 106 Å². The number of hydrogen-bond donors (Lipinski definition) is 4. The van der Waals surface area contributed by atoms with E-state index in [-0.39, 0.29) is 37.4 Å². The van der Waals surface area contributed by atoms with Gasteiger partial charge in [-0.05, 0) is 56.1 Å². The van der Waals surface area contributed by atoms with E-state index >= 15 is 0 Å². The maximum atomic E-state index is 14.6. The first-order valence-corrected chi connectivity index (χ1v) is 23.3. The van der Waals surface area contributed by atoms with Crippen molar-refractivity contribution in [2.75, 3.05) is 26.1 Å². The van der Waals surface area contributed by atoms with Gasteiger partial charge >= 0.3 is 5.97 Å². The molecule has 1 heterocycles. The fraction of sp³-hybridized carbons (Fsp3) is 0.587. The summed E-state index contributed by atoms with van der Waals surface area (Å²) in [7, 11) is 1.53. The molecule has 0 radical (unpaired) electrons. The van der Waals surface area contributed by atoms with E-state index in [1.54, 1.807) is 69.3 Å². The minimum atomic E-state index is -1.37. The van der Waals surface area contributed by atoms with E-state index in [1.807, 2.05) is 32.9 Å². The average molecular weight is 881 g/mol. The second kappa shape index (κ2) is 24.5. The summed E-state index contributed by atoms with van der Waals surface area (Å²) in [5.74, 6) is -6.06. The van der Waals surface area contributed by atoms with Crippen LogP contribution in [-0.2, 0) is 61.9 Å². The van der Waals surface area contributed by atoms with Crippen molar-refractivity contribution in [1.29, 1.82) is 0 Å². The fourth-order valence-electron chi connectivity index (χ4n) is 7.34. The summed E-state index contributed by atoms with van der Waals surface area (Å²) in [5.41, 5.74) is 1.42. The molecule has 0 spiro atoms. The highest BCUT2D eigenvalue weighted by Crippen LogP contribution is 2.21. The lowest BCUT2D eigenvalue weighted by atomic mass is 9.96. The second-order valence-electron chi connectivity index (χ2n) is 17.2. The van der Waals surface area contributed by atoms with Gasteiger partial charge in [-0.3, -0.25) is 37.8 Å². The quantitative estimate of drug-likeness (QED) is 0.232. The second-order valence-corrected chi connectivity index (χ2v) is 18.7. The van der Waals surface area contributed by atoms with Crippen molar-refractivity contribution in [3.05, 3.63) is 71.8 Å². The van der Waals surface area contributed by atoms with Gasteiger partial charge in [0.1, 0.15) is 30.2 Å². The first-order chi connectivity index (χ1) is 29.2. The molecule has 9 atom stereocenters. The Labute approximate surface area is 369 Å². The van der Waals surface area contributed by atoms with Crippen LogP contribution >= 0.6 is 0 Å². The average Bonchev–Trinajstić information content (AvgIpc) is 3.23. The Hall–Kier alpha value is -5.12. The van der Waals surface area contributed by atoms with Crippen LogP contribution in [0.2, 0.25) is 0 Å². The molecule has 15 nitrogen and oxygen atoms in total. The van der Waals surface area contributed by atoms with Gasteiger partial charge in [-0.25, -0.2) is 0 Å². The summed E-state index contributed by atoms with van der Waals surface area (Å²) >= 11 is 0. The van der Waals surface area contributed by atoms with Crippen molar-refractivity contribution in [3.63, 3.8) is 0 Å². The zero-order valence-electron chi connectivity index (χ0n) is 38.0. The number of ether oxygens (including phenoxy) is 1. The highest BCUT2D eigenvalue weighted by Gasteiger charge is 2.40. The number of carbonyl (C=O) groups excluding carboxylic acids is 7. The molecular weight excluding hydrogens is 813 g/mol. The molecule has 0 aromatic heterocycles. The first kappa shape index (κ1) is 51.2. The van der Waals surface area contributed by atoms with Crippen LogP contribution in [0.5, 0.6) is 0 Å². The Balaban J connectivity index is 2.22. The van der Waals surface area contributed by atoms with E-state index in [9.17, 15) is 37.8 Å². The summed E-state index contributed by atoms with van der Waals surface area (Å²) in [6.07, 6.45) is 1.34. The standard InChI is InChI=1S/C46H68N6O9S/c1-11-18-34-30(6)46(59)61-39(29(4)5)45(58)52(9)38(27-33-21-16-13-17-22-33)43(56)49-35(23-24-62(10)60)41(54)50-36(26-32-19-14-12-15-20-32)44(57)51(8)37(25-28(2)3)42(55)47-31(7)40(53)48-34/h12-17,19-22,28-31,34-39H,11,18,23-27H2,1-10H3,(H,47,55)(H,48,53)(H,49,56)(H,50,54)/t30-,31-,34+,35-,36-,37-,38+,39+,62?/m0/s1. The summed E-state index contributed by atoms with van der Waals surface area (Å²) in [6, 6.07) is 11.4. The normalized spacial score (nSPS) is 26.2. The van der Waals surface area contributed by atoms with Gasteiger partial charge in [0, 0.05) is 55.8 Å². The van der Waals surface area contributed by atoms with Gasteiger partial charge in [0.25, 0.3) is 5.91 Å². The Morgan fingerprint density at radius 1 is 0.661 bits per heavy atom. The van der Waals surface area contributed by atoms with Crippen LogP contribution in [0.1, 0.15) is 85.3 Å². The van der Waals surface area contributed by atoms with Gasteiger partial charge in [-0.2, -0.15) is 0 Å². The molecule has 6 amide bonds. The van der Waals surface area contributed by atoms with Crippen molar-refractivity contribution in [3.8, 4) is 0 Å². The monoisotopic (exact) mass is 880 g/mol. The number of nitrogens with one attached hydrogen (secondary N) is 4. The zero-order valence-corrected chi connectivity index (χ0v) is 38.8. The van der Waals surface area contributed by atoms with Crippen LogP contribution in [0.25, 0.3) is 0 Å². The van der Waals surface area contributed by atoms with Crippen LogP contribution in [0, 0.1) is 17.8 Å². The topological polar surface area (TPSA) is 200 Å². The number of esters is 1. The first-order valence-electron chi connectivity index (χ1n) is 21.6. The largest absolute Gasteiger partial charge is 0.452 e. The van der Waals surface area contributed by atoms with Gasteiger partial charge in [0.15, 0.2) is 6.10 Å². The number of likely N-dealkylation sites (N-methyl/N-ethyl adjacent to an activating group) is 2. The smallest absolute Gasteiger partial charge is 0.311 e. The van der Waals surface area contributed by atoms with Crippen LogP contribution in [-0.4, -0.2) is 124 Å². The maximum absolute atomic E-state index is 14.6. The number of hydrogen-bond acceptors (Lipinski definition) is 9. The van der Waals surface area contributed by atoms with Gasteiger partial charge in [0.2, 0.25) is 29.5 Å². The van der Waals surface area contributed by atoms with Crippen LogP contribution in [0.4, 0.5) is 0 Å². The van der Waals surface area contributed by atoms with Crippen LogP contribution < -0.4 is 21.3 Å².